The van der Waals surface area contributed by atoms with E-state index in [4.69, 9.17) is 4.74 Å². The van der Waals surface area contributed by atoms with Gasteiger partial charge in [0.25, 0.3) is 5.91 Å². The van der Waals surface area contributed by atoms with Gasteiger partial charge in [0.05, 0.1) is 0 Å². The SMILES string of the molecule is CN1CCN(C(=O)C2CCN(C(=O)c3cccnc3Oc3ccc(Br)cc3)CC2)CC1. The number of piperazine rings is 1. The van der Waals surface area contributed by atoms with Gasteiger partial charge in [0, 0.05) is 55.9 Å². The number of halogens is 1. The van der Waals surface area contributed by atoms with E-state index >= 15 is 0 Å². The summed E-state index contributed by atoms with van der Waals surface area (Å²) in [6, 6.07) is 10.9. The maximum atomic E-state index is 13.2. The minimum absolute atomic E-state index is 0.000148. The molecule has 2 aliphatic heterocycles. The van der Waals surface area contributed by atoms with Gasteiger partial charge in [0.15, 0.2) is 0 Å². The molecule has 0 saturated carbocycles. The van der Waals surface area contributed by atoms with Crippen LogP contribution in [0.15, 0.2) is 47.1 Å². The fourth-order valence-electron chi connectivity index (χ4n) is 4.03. The first-order chi connectivity index (χ1) is 15.0. The van der Waals surface area contributed by atoms with E-state index in [0.29, 0.717) is 43.1 Å². The molecule has 0 unspecified atom stereocenters. The van der Waals surface area contributed by atoms with Crippen molar-refractivity contribution in [2.24, 2.45) is 5.92 Å². The molecule has 2 aliphatic rings. The molecule has 1 aromatic carbocycles. The van der Waals surface area contributed by atoms with Crippen LogP contribution in [-0.2, 0) is 4.79 Å². The molecule has 7 nitrogen and oxygen atoms in total. The van der Waals surface area contributed by atoms with Crippen molar-refractivity contribution < 1.29 is 14.3 Å². The van der Waals surface area contributed by atoms with E-state index in [9.17, 15) is 9.59 Å². The van der Waals surface area contributed by atoms with Crippen LogP contribution in [0.5, 0.6) is 11.6 Å². The number of ether oxygens (including phenoxy) is 1. The number of hydrogen-bond acceptors (Lipinski definition) is 5. The number of nitrogens with zero attached hydrogens (tertiary/aromatic N) is 4. The lowest BCUT2D eigenvalue weighted by atomic mass is 9.94. The minimum Gasteiger partial charge on any atom is -0.438 e. The maximum absolute atomic E-state index is 13.2. The van der Waals surface area contributed by atoms with E-state index in [-0.39, 0.29) is 17.7 Å². The summed E-state index contributed by atoms with van der Waals surface area (Å²) < 4.78 is 6.83. The predicted octanol–water partition coefficient (Wildman–Crippen LogP) is 3.26. The summed E-state index contributed by atoms with van der Waals surface area (Å²) in [5.41, 5.74) is 0.439. The van der Waals surface area contributed by atoms with E-state index in [1.165, 1.54) is 0 Å². The summed E-state index contributed by atoms with van der Waals surface area (Å²) in [7, 11) is 2.08. The average molecular weight is 487 g/mol. The zero-order valence-corrected chi connectivity index (χ0v) is 19.3. The van der Waals surface area contributed by atoms with Crippen LogP contribution in [0, 0.1) is 5.92 Å². The van der Waals surface area contributed by atoms with Gasteiger partial charge in [-0.25, -0.2) is 4.98 Å². The highest BCUT2D eigenvalue weighted by Gasteiger charge is 2.32. The van der Waals surface area contributed by atoms with Crippen LogP contribution in [0.3, 0.4) is 0 Å². The van der Waals surface area contributed by atoms with Gasteiger partial charge in [-0.3, -0.25) is 9.59 Å². The van der Waals surface area contributed by atoms with Gasteiger partial charge in [-0.15, -0.1) is 0 Å². The highest BCUT2D eigenvalue weighted by molar-refractivity contribution is 9.10. The van der Waals surface area contributed by atoms with Crippen molar-refractivity contribution in [2.75, 3.05) is 46.3 Å². The fraction of sp³-hybridized carbons (Fsp3) is 0.435. The smallest absolute Gasteiger partial charge is 0.259 e. The molecular formula is C23H27BrN4O3. The number of benzene rings is 1. The second-order valence-electron chi connectivity index (χ2n) is 8.11. The van der Waals surface area contributed by atoms with Crippen molar-refractivity contribution in [1.82, 2.24) is 19.7 Å². The summed E-state index contributed by atoms with van der Waals surface area (Å²) >= 11 is 3.40. The third kappa shape index (κ3) is 5.25. The molecule has 0 aliphatic carbocycles. The van der Waals surface area contributed by atoms with Crippen molar-refractivity contribution in [2.45, 2.75) is 12.8 Å². The van der Waals surface area contributed by atoms with Crippen LogP contribution in [0.1, 0.15) is 23.2 Å². The van der Waals surface area contributed by atoms with E-state index < -0.39 is 0 Å². The Morgan fingerprint density at radius 3 is 2.32 bits per heavy atom. The number of hydrogen-bond donors (Lipinski definition) is 0. The molecule has 0 radical (unpaired) electrons. The Labute approximate surface area is 191 Å². The van der Waals surface area contributed by atoms with Crippen molar-refractivity contribution >= 4 is 27.7 Å². The summed E-state index contributed by atoms with van der Waals surface area (Å²) in [4.78, 5) is 36.3. The first-order valence-electron chi connectivity index (χ1n) is 10.7. The number of carbonyl (C=O) groups excluding carboxylic acids is 2. The Morgan fingerprint density at radius 2 is 1.65 bits per heavy atom. The number of piperidine rings is 1. The van der Waals surface area contributed by atoms with E-state index in [0.717, 1.165) is 30.7 Å². The summed E-state index contributed by atoms with van der Waals surface area (Å²) in [5.74, 6) is 1.05. The lowest BCUT2D eigenvalue weighted by molar-refractivity contribution is -0.138. The van der Waals surface area contributed by atoms with Crippen LogP contribution in [-0.4, -0.2) is 77.8 Å². The Morgan fingerprint density at radius 1 is 0.968 bits per heavy atom. The second kappa shape index (κ2) is 9.78. The third-order valence-electron chi connectivity index (χ3n) is 5.98. The van der Waals surface area contributed by atoms with Gasteiger partial charge < -0.3 is 19.4 Å². The molecule has 0 spiro atoms. The quantitative estimate of drug-likeness (QED) is 0.663. The molecule has 0 bridgehead atoms. The largest absolute Gasteiger partial charge is 0.438 e. The number of amides is 2. The Balaban J connectivity index is 1.38. The number of pyridine rings is 1. The first kappa shape index (κ1) is 21.8. The first-order valence-corrected chi connectivity index (χ1v) is 11.5. The van der Waals surface area contributed by atoms with Crippen molar-refractivity contribution in [3.63, 3.8) is 0 Å². The second-order valence-corrected chi connectivity index (χ2v) is 9.02. The molecule has 2 fully saturated rings. The summed E-state index contributed by atoms with van der Waals surface area (Å²) in [6.45, 7) is 4.56. The Bertz CT molecular complexity index is 921. The molecule has 2 amide bonds. The molecule has 8 heteroatoms. The van der Waals surface area contributed by atoms with Crippen molar-refractivity contribution in [3.8, 4) is 11.6 Å². The minimum atomic E-state index is -0.106. The Hall–Kier alpha value is -2.45. The standard InChI is InChI=1S/C23H27BrN4O3/c1-26-13-15-28(16-14-26)22(29)17-8-11-27(12-9-17)23(30)20-3-2-10-25-21(20)31-19-6-4-18(24)5-7-19/h2-7,10,17H,8-9,11-16H2,1H3. The molecular weight excluding hydrogens is 460 g/mol. The van der Waals surface area contributed by atoms with E-state index in [1.807, 2.05) is 29.2 Å². The van der Waals surface area contributed by atoms with Crippen LogP contribution >= 0.6 is 15.9 Å². The maximum Gasteiger partial charge on any atom is 0.259 e. The Kier molecular flexibility index (Phi) is 6.87. The molecule has 2 aromatic rings. The molecule has 0 atom stereocenters. The van der Waals surface area contributed by atoms with Crippen LogP contribution < -0.4 is 4.74 Å². The highest BCUT2D eigenvalue weighted by atomic mass is 79.9. The topological polar surface area (TPSA) is 66.0 Å². The van der Waals surface area contributed by atoms with Gasteiger partial charge in [0.2, 0.25) is 11.8 Å². The highest BCUT2D eigenvalue weighted by Crippen LogP contribution is 2.27. The lowest BCUT2D eigenvalue weighted by Gasteiger charge is -2.37. The number of likely N-dealkylation sites (tertiary alicyclic amines) is 1. The van der Waals surface area contributed by atoms with Gasteiger partial charge in [-0.05, 0) is 56.3 Å². The molecule has 0 N–H and O–H groups in total. The molecule has 3 heterocycles. The third-order valence-corrected chi connectivity index (χ3v) is 6.50. The van der Waals surface area contributed by atoms with Crippen LogP contribution in [0.4, 0.5) is 0 Å². The molecule has 4 rings (SSSR count). The molecule has 1 aromatic heterocycles. The zero-order valence-electron chi connectivity index (χ0n) is 17.7. The molecule has 2 saturated heterocycles. The molecule has 31 heavy (non-hydrogen) atoms. The number of likely N-dealkylation sites (N-methyl/N-ethyl adjacent to an activating group) is 1. The number of rotatable bonds is 4. The molecule has 164 valence electrons. The monoisotopic (exact) mass is 486 g/mol. The summed E-state index contributed by atoms with van der Waals surface area (Å²) in [6.07, 6.45) is 3.01. The van der Waals surface area contributed by atoms with Gasteiger partial charge in [-0.1, -0.05) is 15.9 Å². The van der Waals surface area contributed by atoms with Crippen LogP contribution in [0.2, 0.25) is 0 Å². The van der Waals surface area contributed by atoms with Gasteiger partial charge in [0.1, 0.15) is 11.3 Å². The zero-order chi connectivity index (χ0) is 21.8. The van der Waals surface area contributed by atoms with Crippen LogP contribution in [0.25, 0.3) is 0 Å². The number of carbonyl (C=O) groups is 2. The van der Waals surface area contributed by atoms with Gasteiger partial charge >= 0.3 is 0 Å². The fourth-order valence-corrected chi connectivity index (χ4v) is 4.30. The normalized spacial score (nSPS) is 18.1. The predicted molar refractivity (Wildman–Crippen MR) is 121 cm³/mol. The van der Waals surface area contributed by atoms with Crippen molar-refractivity contribution in [1.29, 1.82) is 0 Å². The van der Waals surface area contributed by atoms with E-state index in [1.54, 1.807) is 23.2 Å². The van der Waals surface area contributed by atoms with E-state index in [2.05, 4.69) is 32.9 Å². The number of aromatic nitrogens is 1. The van der Waals surface area contributed by atoms with Crippen molar-refractivity contribution in [3.05, 3.63) is 52.6 Å². The average Bonchev–Trinajstić information content (AvgIpc) is 2.81. The lowest BCUT2D eigenvalue weighted by Crippen LogP contribution is -2.51. The van der Waals surface area contributed by atoms with Gasteiger partial charge in [-0.2, -0.15) is 0 Å². The summed E-state index contributed by atoms with van der Waals surface area (Å²) in [5, 5.41) is 0.